The summed E-state index contributed by atoms with van der Waals surface area (Å²) in [5.41, 5.74) is 20.5. The van der Waals surface area contributed by atoms with E-state index in [0.29, 0.717) is 0 Å². The SMILES string of the molecule is CC1(C)c2ccccc2-c2ccc(N(c3ccc(-c4ccc5oc6c7c(c(-c8ccccc8)cc6c5c4)CCC=C7)cc3)c3ccc(-c4cccc5ccccc45)cc3)cc21. The first-order chi connectivity index (χ1) is 30.0. The Bertz CT molecular complexity index is 3360. The molecular formula is C59H43NO. The van der Waals surface area contributed by atoms with Crippen molar-refractivity contribution < 1.29 is 4.42 Å². The van der Waals surface area contributed by atoms with Crippen LogP contribution in [0.2, 0.25) is 0 Å². The molecule has 0 aliphatic heterocycles. The number of hydrogen-bond donors (Lipinski definition) is 0. The first-order valence-corrected chi connectivity index (χ1v) is 21.5. The van der Waals surface area contributed by atoms with Gasteiger partial charge in [-0.3, -0.25) is 0 Å². The van der Waals surface area contributed by atoms with Crippen LogP contribution >= 0.6 is 0 Å². The van der Waals surface area contributed by atoms with Crippen molar-refractivity contribution in [3.63, 3.8) is 0 Å². The number of rotatable bonds is 6. The van der Waals surface area contributed by atoms with Gasteiger partial charge in [-0.25, -0.2) is 0 Å². The van der Waals surface area contributed by atoms with E-state index < -0.39 is 0 Å². The molecule has 0 bridgehead atoms. The van der Waals surface area contributed by atoms with Crippen LogP contribution in [0.3, 0.4) is 0 Å². The average molecular weight is 782 g/mol. The predicted octanol–water partition coefficient (Wildman–Crippen LogP) is 16.5. The molecule has 0 spiro atoms. The van der Waals surface area contributed by atoms with Crippen LogP contribution in [-0.4, -0.2) is 0 Å². The lowest BCUT2D eigenvalue weighted by Crippen LogP contribution is -2.16. The van der Waals surface area contributed by atoms with Crippen LogP contribution in [0.1, 0.15) is 42.5 Å². The Balaban J connectivity index is 0.959. The van der Waals surface area contributed by atoms with E-state index in [2.05, 4.69) is 219 Å². The van der Waals surface area contributed by atoms with Crippen molar-refractivity contribution in [1.82, 2.24) is 0 Å². The summed E-state index contributed by atoms with van der Waals surface area (Å²) in [5.74, 6) is 0. The van der Waals surface area contributed by atoms with Gasteiger partial charge in [0.2, 0.25) is 0 Å². The number of anilines is 3. The monoisotopic (exact) mass is 781 g/mol. The lowest BCUT2D eigenvalue weighted by molar-refractivity contribution is 0.660. The molecule has 0 saturated heterocycles. The van der Waals surface area contributed by atoms with E-state index in [9.17, 15) is 0 Å². The summed E-state index contributed by atoms with van der Waals surface area (Å²) < 4.78 is 6.65. The van der Waals surface area contributed by atoms with Crippen molar-refractivity contribution in [2.24, 2.45) is 0 Å². The van der Waals surface area contributed by atoms with Gasteiger partial charge in [0.1, 0.15) is 11.2 Å². The number of nitrogens with zero attached hydrogens (tertiary/aromatic N) is 1. The number of benzene rings is 9. The first-order valence-electron chi connectivity index (χ1n) is 21.5. The molecule has 0 radical (unpaired) electrons. The summed E-state index contributed by atoms with van der Waals surface area (Å²) in [5, 5.41) is 4.82. The van der Waals surface area contributed by atoms with Gasteiger partial charge in [-0.15, -0.1) is 0 Å². The normalized spacial score (nSPS) is 13.7. The number of fused-ring (bicyclic) bond motifs is 9. The van der Waals surface area contributed by atoms with Gasteiger partial charge in [0.15, 0.2) is 0 Å². The van der Waals surface area contributed by atoms with E-state index in [4.69, 9.17) is 4.42 Å². The second kappa shape index (κ2) is 13.8. The van der Waals surface area contributed by atoms with Crippen LogP contribution in [0, 0.1) is 0 Å². The molecule has 0 saturated carbocycles. The molecule has 0 atom stereocenters. The van der Waals surface area contributed by atoms with Gasteiger partial charge >= 0.3 is 0 Å². The fourth-order valence-corrected chi connectivity index (χ4v) is 10.3. The Morgan fingerprint density at radius 3 is 1.95 bits per heavy atom. The lowest BCUT2D eigenvalue weighted by atomic mass is 9.82. The third-order valence-electron chi connectivity index (χ3n) is 13.4. The third-order valence-corrected chi connectivity index (χ3v) is 13.4. The Morgan fingerprint density at radius 2 is 1.11 bits per heavy atom. The zero-order valence-electron chi connectivity index (χ0n) is 34.3. The van der Waals surface area contributed by atoms with Gasteiger partial charge in [0.05, 0.1) is 0 Å². The third kappa shape index (κ3) is 5.70. The maximum absolute atomic E-state index is 6.65. The number of hydrogen-bond acceptors (Lipinski definition) is 2. The van der Waals surface area contributed by atoms with E-state index in [-0.39, 0.29) is 5.41 Å². The molecule has 61 heavy (non-hydrogen) atoms. The summed E-state index contributed by atoms with van der Waals surface area (Å²) >= 11 is 0. The molecule has 2 aliphatic carbocycles. The van der Waals surface area contributed by atoms with Gasteiger partial charge in [0.25, 0.3) is 0 Å². The highest BCUT2D eigenvalue weighted by atomic mass is 16.3. The van der Waals surface area contributed by atoms with E-state index in [1.807, 2.05) is 0 Å². The van der Waals surface area contributed by atoms with Crippen molar-refractivity contribution in [2.45, 2.75) is 32.1 Å². The molecule has 12 rings (SSSR count). The van der Waals surface area contributed by atoms with Gasteiger partial charge in [-0.1, -0.05) is 159 Å². The summed E-state index contributed by atoms with van der Waals surface area (Å²) in [7, 11) is 0. The van der Waals surface area contributed by atoms with E-state index >= 15 is 0 Å². The van der Waals surface area contributed by atoms with Crippen LogP contribution in [-0.2, 0) is 11.8 Å². The Kier molecular flexibility index (Phi) is 8.05. The highest BCUT2D eigenvalue weighted by molar-refractivity contribution is 6.11. The Labute approximate surface area is 356 Å². The second-order valence-electron chi connectivity index (χ2n) is 17.2. The molecular weight excluding hydrogens is 739 g/mol. The van der Waals surface area contributed by atoms with Gasteiger partial charge in [-0.05, 0) is 139 Å². The summed E-state index contributed by atoms with van der Waals surface area (Å²) in [6.45, 7) is 4.71. The molecule has 10 aromatic rings. The molecule has 1 aromatic heterocycles. The predicted molar refractivity (Wildman–Crippen MR) is 257 cm³/mol. The van der Waals surface area contributed by atoms with Crippen molar-refractivity contribution in [1.29, 1.82) is 0 Å². The minimum Gasteiger partial charge on any atom is -0.455 e. The van der Waals surface area contributed by atoms with Crippen molar-refractivity contribution in [3.05, 3.63) is 216 Å². The second-order valence-corrected chi connectivity index (χ2v) is 17.2. The Morgan fingerprint density at radius 1 is 0.459 bits per heavy atom. The highest BCUT2D eigenvalue weighted by Crippen LogP contribution is 2.51. The van der Waals surface area contributed by atoms with Crippen LogP contribution in [0.25, 0.3) is 83.3 Å². The van der Waals surface area contributed by atoms with Crippen molar-refractivity contribution in [3.8, 4) is 44.5 Å². The first kappa shape index (κ1) is 35.5. The minimum absolute atomic E-state index is 0.108. The lowest BCUT2D eigenvalue weighted by Gasteiger charge is -2.28. The Hall–Kier alpha value is -7.42. The van der Waals surface area contributed by atoms with Gasteiger partial charge in [0, 0.05) is 38.8 Å². The topological polar surface area (TPSA) is 16.4 Å². The molecule has 0 amide bonds. The summed E-state index contributed by atoms with van der Waals surface area (Å²) in [4.78, 5) is 2.41. The molecule has 9 aromatic carbocycles. The van der Waals surface area contributed by atoms with Gasteiger partial charge in [-0.2, -0.15) is 0 Å². The summed E-state index contributed by atoms with van der Waals surface area (Å²) in [6.07, 6.45) is 6.61. The largest absolute Gasteiger partial charge is 0.455 e. The van der Waals surface area contributed by atoms with E-state index in [1.54, 1.807) is 0 Å². The highest BCUT2D eigenvalue weighted by Gasteiger charge is 2.35. The van der Waals surface area contributed by atoms with E-state index in [0.717, 1.165) is 57.4 Å². The molecule has 2 nitrogen and oxygen atoms in total. The number of furan rings is 1. The quantitative estimate of drug-likeness (QED) is 0.167. The standard InChI is InChI=1S/C59H43NO/c1-59(2)55-22-11-10-19-49(55)50-33-32-45(36-56(50)59)60(44-30-25-41(26-31-44)47-21-12-16-39-15-6-7-17-46(39)47)43-28-23-38(24-29-43)42-27-34-57-53(35-42)54-37-52(40-13-4-3-5-14-40)48-18-8-9-20-51(48)58(54)61-57/h3-7,9-17,19-37H,8,18H2,1-2H3. The van der Waals surface area contributed by atoms with Crippen LogP contribution in [0.4, 0.5) is 17.1 Å². The minimum atomic E-state index is -0.108. The van der Waals surface area contributed by atoms with Crippen LogP contribution < -0.4 is 4.90 Å². The van der Waals surface area contributed by atoms with E-state index in [1.165, 1.54) is 72.0 Å². The van der Waals surface area contributed by atoms with Crippen LogP contribution in [0.15, 0.2) is 199 Å². The number of allylic oxidation sites excluding steroid dienone is 1. The molecule has 0 N–H and O–H groups in total. The fourth-order valence-electron chi connectivity index (χ4n) is 10.3. The van der Waals surface area contributed by atoms with Crippen molar-refractivity contribution in [2.75, 3.05) is 4.90 Å². The summed E-state index contributed by atoms with van der Waals surface area (Å²) in [6, 6.07) is 69.1. The molecule has 2 heteroatoms. The maximum Gasteiger partial charge on any atom is 0.142 e. The smallest absolute Gasteiger partial charge is 0.142 e. The molecule has 290 valence electrons. The van der Waals surface area contributed by atoms with Gasteiger partial charge < -0.3 is 9.32 Å². The van der Waals surface area contributed by atoms with Crippen LogP contribution in [0.5, 0.6) is 0 Å². The molecule has 0 unspecified atom stereocenters. The molecule has 1 heterocycles. The molecule has 2 aliphatic rings. The average Bonchev–Trinajstić information content (AvgIpc) is 3.80. The molecule has 0 fully saturated rings. The maximum atomic E-state index is 6.65. The van der Waals surface area contributed by atoms with Crippen molar-refractivity contribution >= 4 is 55.8 Å². The zero-order chi connectivity index (χ0) is 40.7. The zero-order valence-corrected chi connectivity index (χ0v) is 34.3. The fraction of sp³-hybridized carbons (Fsp3) is 0.0847.